The summed E-state index contributed by atoms with van der Waals surface area (Å²) >= 11 is 6.03. The van der Waals surface area contributed by atoms with Gasteiger partial charge in [0, 0.05) is 12.0 Å². The fourth-order valence-corrected chi connectivity index (χ4v) is 1.84. The van der Waals surface area contributed by atoms with E-state index in [2.05, 4.69) is 0 Å². The first-order chi connectivity index (χ1) is 7.74. The zero-order valence-electron chi connectivity index (χ0n) is 8.78. The summed E-state index contributed by atoms with van der Waals surface area (Å²) in [5.74, 6) is 1.09. The summed E-state index contributed by atoms with van der Waals surface area (Å²) in [4.78, 5) is 0. The molecule has 1 aromatic carbocycles. The first-order valence-electron chi connectivity index (χ1n) is 5.18. The minimum atomic E-state index is -0.479. The van der Waals surface area contributed by atoms with Crippen LogP contribution in [0.1, 0.15) is 18.0 Å². The van der Waals surface area contributed by atoms with Gasteiger partial charge in [0.05, 0.1) is 30.9 Å². The van der Waals surface area contributed by atoms with Gasteiger partial charge in [-0.1, -0.05) is 17.7 Å². The molecule has 1 atom stereocenters. The molecule has 1 aliphatic rings. The van der Waals surface area contributed by atoms with Crippen molar-refractivity contribution in [1.82, 2.24) is 0 Å². The molecule has 4 nitrogen and oxygen atoms in total. The van der Waals surface area contributed by atoms with E-state index >= 15 is 0 Å². The Balaban J connectivity index is 2.47. The number of nitrogens with two attached hydrogens (primary N) is 1. The zero-order valence-corrected chi connectivity index (χ0v) is 9.54. The van der Waals surface area contributed by atoms with Gasteiger partial charge < -0.3 is 20.3 Å². The summed E-state index contributed by atoms with van der Waals surface area (Å²) in [6, 6.07) is 2.99. The minimum Gasteiger partial charge on any atom is -0.489 e. The van der Waals surface area contributed by atoms with Crippen LogP contribution >= 0.6 is 11.6 Å². The van der Waals surface area contributed by atoms with Gasteiger partial charge in [0.15, 0.2) is 11.5 Å². The molecule has 0 aromatic heterocycles. The van der Waals surface area contributed by atoms with E-state index in [9.17, 15) is 0 Å². The number of fused-ring (bicyclic) bond motifs is 1. The molecule has 0 radical (unpaired) electrons. The van der Waals surface area contributed by atoms with Crippen LogP contribution in [0.5, 0.6) is 11.5 Å². The van der Waals surface area contributed by atoms with Crippen molar-refractivity contribution >= 4 is 11.6 Å². The summed E-state index contributed by atoms with van der Waals surface area (Å²) in [6.07, 6.45) is 0.804. The van der Waals surface area contributed by atoms with Crippen LogP contribution in [0.4, 0.5) is 0 Å². The van der Waals surface area contributed by atoms with E-state index < -0.39 is 6.04 Å². The largest absolute Gasteiger partial charge is 0.489 e. The second-order valence-electron chi connectivity index (χ2n) is 3.63. The smallest absolute Gasteiger partial charge is 0.180 e. The van der Waals surface area contributed by atoms with Crippen molar-refractivity contribution < 1.29 is 14.6 Å². The highest BCUT2D eigenvalue weighted by atomic mass is 35.5. The predicted octanol–water partition coefficient (Wildman–Crippen LogP) is 1.49. The molecule has 1 aliphatic heterocycles. The predicted molar refractivity (Wildman–Crippen MR) is 61.1 cm³/mol. The first-order valence-corrected chi connectivity index (χ1v) is 5.56. The maximum absolute atomic E-state index is 9.08. The number of aliphatic hydroxyl groups excluding tert-OH is 1. The van der Waals surface area contributed by atoms with Gasteiger partial charge in [-0.3, -0.25) is 0 Å². The number of benzene rings is 1. The molecule has 1 aromatic rings. The molecule has 0 saturated heterocycles. The van der Waals surface area contributed by atoms with Crippen molar-refractivity contribution in [1.29, 1.82) is 0 Å². The van der Waals surface area contributed by atoms with E-state index in [1.54, 1.807) is 12.1 Å². The van der Waals surface area contributed by atoms with Crippen LogP contribution in [-0.4, -0.2) is 24.9 Å². The minimum absolute atomic E-state index is 0.141. The van der Waals surface area contributed by atoms with Crippen molar-refractivity contribution in [2.75, 3.05) is 19.8 Å². The number of rotatable bonds is 2. The number of halogens is 1. The van der Waals surface area contributed by atoms with Crippen LogP contribution in [0.25, 0.3) is 0 Å². The SMILES string of the molecule is NC(CO)c1ccc(Cl)c2c1OCCCO2. The van der Waals surface area contributed by atoms with E-state index in [-0.39, 0.29) is 6.61 Å². The summed E-state index contributed by atoms with van der Waals surface area (Å²) in [5, 5.41) is 9.58. The Bertz CT molecular complexity index is 384. The highest BCUT2D eigenvalue weighted by Gasteiger charge is 2.21. The molecular weight excluding hydrogens is 230 g/mol. The summed E-state index contributed by atoms with van der Waals surface area (Å²) in [5.41, 5.74) is 6.52. The van der Waals surface area contributed by atoms with Crippen LogP contribution in [0.15, 0.2) is 12.1 Å². The number of hydrogen-bond donors (Lipinski definition) is 2. The second-order valence-corrected chi connectivity index (χ2v) is 4.04. The van der Waals surface area contributed by atoms with E-state index in [1.807, 2.05) is 0 Å². The number of hydrogen-bond acceptors (Lipinski definition) is 4. The highest BCUT2D eigenvalue weighted by molar-refractivity contribution is 6.32. The average molecular weight is 244 g/mol. The maximum Gasteiger partial charge on any atom is 0.180 e. The Morgan fingerprint density at radius 2 is 2.00 bits per heavy atom. The van der Waals surface area contributed by atoms with Crippen LogP contribution < -0.4 is 15.2 Å². The first kappa shape index (κ1) is 11.5. The normalized spacial score (nSPS) is 16.7. The van der Waals surface area contributed by atoms with E-state index in [0.717, 1.165) is 12.0 Å². The molecule has 0 aliphatic carbocycles. The Labute approximate surface area is 98.9 Å². The summed E-state index contributed by atoms with van der Waals surface area (Å²) in [7, 11) is 0. The maximum atomic E-state index is 9.08. The van der Waals surface area contributed by atoms with E-state index in [0.29, 0.717) is 29.7 Å². The second kappa shape index (κ2) is 4.91. The van der Waals surface area contributed by atoms with Crippen LogP contribution in [0, 0.1) is 0 Å². The Morgan fingerprint density at radius 3 is 2.69 bits per heavy atom. The summed E-state index contributed by atoms with van der Waals surface area (Å²) < 4.78 is 11.1. The monoisotopic (exact) mass is 243 g/mol. The molecule has 5 heteroatoms. The van der Waals surface area contributed by atoms with Crippen molar-refractivity contribution in [2.24, 2.45) is 5.73 Å². The molecule has 0 bridgehead atoms. The van der Waals surface area contributed by atoms with E-state index in [1.165, 1.54) is 0 Å². The molecule has 1 unspecified atom stereocenters. The lowest BCUT2D eigenvalue weighted by Gasteiger charge is -2.17. The molecule has 0 fully saturated rings. The van der Waals surface area contributed by atoms with Gasteiger partial charge in [0.1, 0.15) is 0 Å². The standard InChI is InChI=1S/C11H14ClNO3/c12-8-3-2-7(9(13)6-14)10-11(8)16-5-1-4-15-10/h2-3,9,14H,1,4-6,13H2. The van der Waals surface area contributed by atoms with Crippen LogP contribution in [0.3, 0.4) is 0 Å². The Hall–Kier alpha value is -0.970. The molecule has 0 spiro atoms. The summed E-state index contributed by atoms with van der Waals surface area (Å²) in [6.45, 7) is 1.00. The van der Waals surface area contributed by atoms with Crippen molar-refractivity contribution in [3.8, 4) is 11.5 Å². The Kier molecular flexibility index (Phi) is 3.53. The van der Waals surface area contributed by atoms with Crippen molar-refractivity contribution in [3.05, 3.63) is 22.7 Å². The molecule has 16 heavy (non-hydrogen) atoms. The van der Waals surface area contributed by atoms with Gasteiger partial charge in [0.2, 0.25) is 0 Å². The Morgan fingerprint density at radius 1 is 1.31 bits per heavy atom. The molecule has 0 amide bonds. The highest BCUT2D eigenvalue weighted by Crippen LogP contribution is 2.41. The van der Waals surface area contributed by atoms with Crippen LogP contribution in [0.2, 0.25) is 5.02 Å². The third kappa shape index (κ3) is 2.09. The lowest BCUT2D eigenvalue weighted by molar-refractivity contribution is 0.260. The quantitative estimate of drug-likeness (QED) is 0.826. The number of ether oxygens (including phenoxy) is 2. The van der Waals surface area contributed by atoms with Gasteiger partial charge in [0.25, 0.3) is 0 Å². The van der Waals surface area contributed by atoms with Gasteiger partial charge in [-0.15, -0.1) is 0 Å². The zero-order chi connectivity index (χ0) is 11.5. The van der Waals surface area contributed by atoms with Crippen molar-refractivity contribution in [3.63, 3.8) is 0 Å². The fraction of sp³-hybridized carbons (Fsp3) is 0.455. The molecule has 88 valence electrons. The van der Waals surface area contributed by atoms with Gasteiger partial charge in [-0.2, -0.15) is 0 Å². The lowest BCUT2D eigenvalue weighted by atomic mass is 10.1. The van der Waals surface area contributed by atoms with Gasteiger partial charge in [-0.25, -0.2) is 0 Å². The van der Waals surface area contributed by atoms with Gasteiger partial charge in [-0.05, 0) is 6.07 Å². The van der Waals surface area contributed by atoms with E-state index in [4.69, 9.17) is 31.9 Å². The molecule has 2 rings (SSSR count). The molecule has 0 saturated carbocycles. The fourth-order valence-electron chi connectivity index (χ4n) is 1.63. The third-order valence-corrected chi connectivity index (χ3v) is 2.77. The van der Waals surface area contributed by atoms with Crippen LogP contribution in [-0.2, 0) is 0 Å². The lowest BCUT2D eigenvalue weighted by Crippen LogP contribution is -2.16. The topological polar surface area (TPSA) is 64.7 Å². The molecule has 3 N–H and O–H groups in total. The molecular formula is C11H14ClNO3. The number of aliphatic hydroxyl groups is 1. The van der Waals surface area contributed by atoms with Crippen molar-refractivity contribution in [2.45, 2.75) is 12.5 Å². The van der Waals surface area contributed by atoms with Gasteiger partial charge >= 0.3 is 0 Å². The molecule has 1 heterocycles. The third-order valence-electron chi connectivity index (χ3n) is 2.47. The average Bonchev–Trinajstić information content (AvgIpc) is 2.55.